The van der Waals surface area contributed by atoms with Crippen LogP contribution >= 0.6 is 0 Å². The zero-order chi connectivity index (χ0) is 13.0. The number of hydrogen-bond acceptors (Lipinski definition) is 3. The van der Waals surface area contributed by atoms with Crippen molar-refractivity contribution in [2.45, 2.75) is 25.4 Å². The van der Waals surface area contributed by atoms with E-state index in [4.69, 9.17) is 10.5 Å². The van der Waals surface area contributed by atoms with Gasteiger partial charge >= 0.3 is 0 Å². The van der Waals surface area contributed by atoms with Gasteiger partial charge in [0, 0.05) is 6.54 Å². The van der Waals surface area contributed by atoms with Crippen molar-refractivity contribution in [3.63, 3.8) is 0 Å². The fourth-order valence-electron chi connectivity index (χ4n) is 2.22. The minimum absolute atomic E-state index is 0.0228. The van der Waals surface area contributed by atoms with E-state index in [1.54, 1.807) is 0 Å². The summed E-state index contributed by atoms with van der Waals surface area (Å²) in [6.07, 6.45) is 0.587. The quantitative estimate of drug-likeness (QED) is 0.861. The van der Waals surface area contributed by atoms with E-state index in [9.17, 15) is 4.79 Å². The number of hydrogen-bond donors (Lipinski definition) is 1. The number of ether oxygens (including phenoxy) is 1. The van der Waals surface area contributed by atoms with E-state index in [1.807, 2.05) is 42.2 Å². The van der Waals surface area contributed by atoms with Crippen LogP contribution in [0.4, 0.5) is 0 Å². The molecule has 1 aliphatic heterocycles. The molecule has 1 heterocycles. The van der Waals surface area contributed by atoms with Gasteiger partial charge in [0.1, 0.15) is 0 Å². The SMILES string of the molecule is C[C@@H]1COCCN1C(=O)C(N)Cc1ccccc1. The molecule has 1 aromatic rings. The Morgan fingerprint density at radius 3 is 2.89 bits per heavy atom. The van der Waals surface area contributed by atoms with Gasteiger partial charge in [-0.2, -0.15) is 0 Å². The second-order valence-corrected chi connectivity index (χ2v) is 4.75. The van der Waals surface area contributed by atoms with Gasteiger partial charge in [-0.15, -0.1) is 0 Å². The predicted molar refractivity (Wildman–Crippen MR) is 70.1 cm³/mol. The summed E-state index contributed by atoms with van der Waals surface area (Å²) in [5.41, 5.74) is 7.11. The highest BCUT2D eigenvalue weighted by molar-refractivity contribution is 5.82. The molecule has 0 spiro atoms. The third-order valence-electron chi connectivity index (χ3n) is 3.27. The van der Waals surface area contributed by atoms with Crippen LogP contribution in [0, 0.1) is 0 Å². The van der Waals surface area contributed by atoms with Crippen LogP contribution in [0.15, 0.2) is 30.3 Å². The maximum Gasteiger partial charge on any atom is 0.240 e. The van der Waals surface area contributed by atoms with Gasteiger partial charge in [0.25, 0.3) is 0 Å². The Morgan fingerprint density at radius 1 is 1.50 bits per heavy atom. The highest BCUT2D eigenvalue weighted by atomic mass is 16.5. The van der Waals surface area contributed by atoms with Crippen molar-refractivity contribution in [3.8, 4) is 0 Å². The average Bonchev–Trinajstić information content (AvgIpc) is 2.39. The van der Waals surface area contributed by atoms with Crippen LogP contribution in [-0.4, -0.2) is 42.6 Å². The number of amides is 1. The molecule has 1 amide bonds. The summed E-state index contributed by atoms with van der Waals surface area (Å²) in [6.45, 7) is 3.84. The Balaban J connectivity index is 1.96. The van der Waals surface area contributed by atoms with Crippen LogP contribution in [0.1, 0.15) is 12.5 Å². The lowest BCUT2D eigenvalue weighted by atomic mass is 10.0. The summed E-state index contributed by atoms with van der Waals surface area (Å²) in [4.78, 5) is 14.1. The van der Waals surface area contributed by atoms with Gasteiger partial charge < -0.3 is 15.4 Å². The molecule has 0 aliphatic carbocycles. The van der Waals surface area contributed by atoms with Crippen LogP contribution in [0.5, 0.6) is 0 Å². The first-order chi connectivity index (χ1) is 8.68. The Labute approximate surface area is 108 Å². The summed E-state index contributed by atoms with van der Waals surface area (Å²) in [6, 6.07) is 9.53. The van der Waals surface area contributed by atoms with Gasteiger partial charge in [-0.05, 0) is 18.9 Å². The lowest BCUT2D eigenvalue weighted by Crippen LogP contribution is -2.53. The number of carbonyl (C=O) groups is 1. The van der Waals surface area contributed by atoms with E-state index in [0.29, 0.717) is 26.2 Å². The Hall–Kier alpha value is -1.39. The summed E-state index contributed by atoms with van der Waals surface area (Å²) < 4.78 is 5.33. The number of nitrogens with two attached hydrogens (primary N) is 1. The molecule has 0 radical (unpaired) electrons. The van der Waals surface area contributed by atoms with E-state index >= 15 is 0 Å². The molecule has 0 saturated carbocycles. The highest BCUT2D eigenvalue weighted by Crippen LogP contribution is 2.10. The van der Waals surface area contributed by atoms with Gasteiger partial charge in [0.15, 0.2) is 0 Å². The minimum Gasteiger partial charge on any atom is -0.377 e. The van der Waals surface area contributed by atoms with Crippen molar-refractivity contribution in [2.24, 2.45) is 5.73 Å². The Kier molecular flexibility index (Phi) is 4.33. The monoisotopic (exact) mass is 248 g/mol. The summed E-state index contributed by atoms with van der Waals surface area (Å²) >= 11 is 0. The molecule has 4 heteroatoms. The molecule has 98 valence electrons. The van der Waals surface area contributed by atoms with Crippen molar-refractivity contribution >= 4 is 5.91 Å². The Morgan fingerprint density at radius 2 is 2.22 bits per heavy atom. The topological polar surface area (TPSA) is 55.6 Å². The standard InChI is InChI=1S/C14H20N2O2/c1-11-10-18-8-7-16(11)14(17)13(15)9-12-5-3-2-4-6-12/h2-6,11,13H,7-10,15H2,1H3/t11-,13?/m1/s1. The number of carbonyl (C=O) groups excluding carboxylic acids is 1. The molecular formula is C14H20N2O2. The maximum atomic E-state index is 12.3. The van der Waals surface area contributed by atoms with Crippen molar-refractivity contribution in [2.75, 3.05) is 19.8 Å². The second-order valence-electron chi connectivity index (χ2n) is 4.75. The van der Waals surface area contributed by atoms with Gasteiger partial charge in [-0.3, -0.25) is 4.79 Å². The van der Waals surface area contributed by atoms with E-state index in [2.05, 4.69) is 0 Å². The molecule has 2 atom stereocenters. The fraction of sp³-hybridized carbons (Fsp3) is 0.500. The zero-order valence-electron chi connectivity index (χ0n) is 10.7. The zero-order valence-corrected chi connectivity index (χ0v) is 10.7. The first kappa shape index (κ1) is 13.1. The van der Waals surface area contributed by atoms with Crippen molar-refractivity contribution in [1.29, 1.82) is 0 Å². The van der Waals surface area contributed by atoms with Gasteiger partial charge in [-0.25, -0.2) is 0 Å². The average molecular weight is 248 g/mol. The van der Waals surface area contributed by atoms with Crippen LogP contribution in [0.3, 0.4) is 0 Å². The number of rotatable bonds is 3. The smallest absolute Gasteiger partial charge is 0.240 e. The molecule has 2 N–H and O–H groups in total. The number of benzene rings is 1. The molecule has 4 nitrogen and oxygen atoms in total. The molecule has 1 saturated heterocycles. The largest absolute Gasteiger partial charge is 0.377 e. The molecule has 1 fully saturated rings. The second kappa shape index (κ2) is 5.98. The van der Waals surface area contributed by atoms with Crippen LogP contribution in [0.2, 0.25) is 0 Å². The lowest BCUT2D eigenvalue weighted by Gasteiger charge is -2.35. The highest BCUT2D eigenvalue weighted by Gasteiger charge is 2.27. The molecule has 1 aromatic carbocycles. The van der Waals surface area contributed by atoms with Crippen LogP contribution in [-0.2, 0) is 16.0 Å². The lowest BCUT2D eigenvalue weighted by molar-refractivity contribution is -0.140. The third kappa shape index (κ3) is 3.09. The molecule has 0 aromatic heterocycles. The van der Waals surface area contributed by atoms with Crippen molar-refractivity contribution in [1.82, 2.24) is 4.90 Å². The molecular weight excluding hydrogens is 228 g/mol. The summed E-state index contributed by atoms with van der Waals surface area (Å²) in [7, 11) is 0. The third-order valence-corrected chi connectivity index (χ3v) is 3.27. The molecule has 1 aliphatic rings. The molecule has 18 heavy (non-hydrogen) atoms. The first-order valence-corrected chi connectivity index (χ1v) is 6.36. The van der Waals surface area contributed by atoms with Crippen LogP contribution in [0.25, 0.3) is 0 Å². The molecule has 2 rings (SSSR count). The fourth-order valence-corrected chi connectivity index (χ4v) is 2.22. The maximum absolute atomic E-state index is 12.3. The minimum atomic E-state index is -0.465. The Bertz CT molecular complexity index is 394. The van der Waals surface area contributed by atoms with Gasteiger partial charge in [0.05, 0.1) is 25.3 Å². The molecule has 0 bridgehead atoms. The van der Waals surface area contributed by atoms with E-state index in [1.165, 1.54) is 0 Å². The van der Waals surface area contributed by atoms with Crippen LogP contribution < -0.4 is 5.73 Å². The van der Waals surface area contributed by atoms with Crippen molar-refractivity contribution < 1.29 is 9.53 Å². The number of morpholine rings is 1. The van der Waals surface area contributed by atoms with Gasteiger partial charge in [0.2, 0.25) is 5.91 Å². The first-order valence-electron chi connectivity index (χ1n) is 6.36. The predicted octanol–water partition coefficient (Wildman–Crippen LogP) is 0.804. The van der Waals surface area contributed by atoms with Crippen molar-refractivity contribution in [3.05, 3.63) is 35.9 Å². The number of nitrogens with zero attached hydrogens (tertiary/aromatic N) is 1. The molecule has 1 unspecified atom stereocenters. The van der Waals surface area contributed by atoms with Gasteiger partial charge in [-0.1, -0.05) is 30.3 Å². The summed E-state index contributed by atoms with van der Waals surface area (Å²) in [5, 5.41) is 0. The van der Waals surface area contributed by atoms with E-state index in [-0.39, 0.29) is 11.9 Å². The van der Waals surface area contributed by atoms with E-state index < -0.39 is 6.04 Å². The summed E-state index contributed by atoms with van der Waals surface area (Å²) in [5.74, 6) is 0.0228. The van der Waals surface area contributed by atoms with E-state index in [0.717, 1.165) is 5.56 Å². The normalized spacial score (nSPS) is 21.7.